The van der Waals surface area contributed by atoms with Crippen LogP contribution in [0, 0.1) is 0 Å². The fourth-order valence-electron chi connectivity index (χ4n) is 2.44. The van der Waals surface area contributed by atoms with Gasteiger partial charge in [0.15, 0.2) is 10.2 Å². The maximum Gasteiger partial charge on any atom is 0.260 e. The highest BCUT2D eigenvalue weighted by Gasteiger charge is 2.15. The number of thiocarbonyl (C=S) groups is 1. The molecule has 3 aromatic rings. The molecule has 27 heavy (non-hydrogen) atoms. The monoisotopic (exact) mass is 399 g/mol. The lowest BCUT2D eigenvalue weighted by Gasteiger charge is -2.16. The number of nitrogens with zero attached hydrogens (tertiary/aromatic N) is 1. The summed E-state index contributed by atoms with van der Waals surface area (Å²) in [7, 11) is 0. The van der Waals surface area contributed by atoms with E-state index in [0.29, 0.717) is 10.2 Å². The number of aromatic nitrogens is 1. The van der Waals surface area contributed by atoms with Gasteiger partial charge in [0.05, 0.1) is 10.2 Å². The first-order valence-corrected chi connectivity index (χ1v) is 9.85. The molecule has 8 heteroatoms. The Kier molecular flexibility index (Phi) is 6.20. The Morgan fingerprint density at radius 3 is 2.78 bits per heavy atom. The number of carbonyl (C=O) groups excluding carboxylic acids is 1. The van der Waals surface area contributed by atoms with Gasteiger partial charge in [0.2, 0.25) is 0 Å². The topological polar surface area (TPSA) is 78.1 Å². The molecule has 1 heterocycles. The molecule has 140 valence electrons. The third-order valence-electron chi connectivity index (χ3n) is 3.92. The van der Waals surface area contributed by atoms with E-state index in [9.17, 15) is 4.79 Å². The van der Waals surface area contributed by atoms with E-state index >= 15 is 0 Å². The van der Waals surface area contributed by atoms with Gasteiger partial charge in [0.25, 0.3) is 5.91 Å². The molecular weight excluding hydrogens is 378 g/mol. The van der Waals surface area contributed by atoms with Gasteiger partial charge >= 0.3 is 0 Å². The van der Waals surface area contributed by atoms with E-state index in [1.54, 1.807) is 6.92 Å². The molecule has 0 fully saturated rings. The minimum absolute atomic E-state index is 0.235. The summed E-state index contributed by atoms with van der Waals surface area (Å²) in [5, 5.41) is 7.19. The Bertz CT molecular complexity index is 923. The van der Waals surface area contributed by atoms with Crippen molar-refractivity contribution in [1.29, 1.82) is 0 Å². The zero-order valence-corrected chi connectivity index (χ0v) is 16.7. The average molecular weight is 400 g/mol. The van der Waals surface area contributed by atoms with Crippen LogP contribution >= 0.6 is 23.6 Å². The van der Waals surface area contributed by atoms with Gasteiger partial charge in [-0.25, -0.2) is 4.98 Å². The molecule has 0 aliphatic heterocycles. The minimum atomic E-state index is -0.468. The number of para-hydroxylation sites is 1. The van der Waals surface area contributed by atoms with Gasteiger partial charge in [-0.2, -0.15) is 0 Å². The van der Waals surface area contributed by atoms with Gasteiger partial charge in [-0.1, -0.05) is 42.5 Å². The fourth-order valence-corrected chi connectivity index (χ4v) is 3.56. The molecule has 2 aromatic carbocycles. The zero-order chi connectivity index (χ0) is 19.2. The second-order valence-electron chi connectivity index (χ2n) is 5.98. The number of benzene rings is 2. The Morgan fingerprint density at radius 1 is 1.19 bits per heavy atom. The number of amides is 1. The molecule has 6 nitrogen and oxygen atoms in total. The SMILES string of the molecule is CCc1cccc(NC(=S)NNC(=O)[C@@H](C)Nc2nc3ccccc3s2)c1. The van der Waals surface area contributed by atoms with Gasteiger partial charge in [-0.3, -0.25) is 15.6 Å². The summed E-state index contributed by atoms with van der Waals surface area (Å²) in [6.07, 6.45) is 0.946. The van der Waals surface area contributed by atoms with Crippen molar-refractivity contribution < 1.29 is 4.79 Å². The summed E-state index contributed by atoms with van der Waals surface area (Å²) in [4.78, 5) is 16.7. The molecule has 4 N–H and O–H groups in total. The fraction of sp³-hybridized carbons (Fsp3) is 0.211. The molecule has 1 atom stereocenters. The van der Waals surface area contributed by atoms with Crippen molar-refractivity contribution in [3.05, 3.63) is 54.1 Å². The van der Waals surface area contributed by atoms with Crippen molar-refractivity contribution in [3.8, 4) is 0 Å². The van der Waals surface area contributed by atoms with E-state index in [-0.39, 0.29) is 5.91 Å². The molecule has 0 unspecified atom stereocenters. The molecular formula is C19H21N5OS2. The van der Waals surface area contributed by atoms with Crippen LogP contribution in [0.25, 0.3) is 10.2 Å². The van der Waals surface area contributed by atoms with Crippen LogP contribution in [0.4, 0.5) is 10.8 Å². The maximum absolute atomic E-state index is 12.3. The summed E-state index contributed by atoms with van der Waals surface area (Å²) in [5.41, 5.74) is 8.33. The average Bonchev–Trinajstić information content (AvgIpc) is 3.08. The number of hydrazine groups is 1. The van der Waals surface area contributed by atoms with E-state index < -0.39 is 6.04 Å². The molecule has 1 aromatic heterocycles. The number of aryl methyl sites for hydroxylation is 1. The minimum Gasteiger partial charge on any atom is -0.350 e. The van der Waals surface area contributed by atoms with E-state index in [0.717, 1.165) is 22.3 Å². The van der Waals surface area contributed by atoms with Crippen molar-refractivity contribution in [1.82, 2.24) is 15.8 Å². The number of hydrogen-bond donors (Lipinski definition) is 4. The van der Waals surface area contributed by atoms with Gasteiger partial charge in [-0.05, 0) is 55.4 Å². The summed E-state index contributed by atoms with van der Waals surface area (Å²) < 4.78 is 1.07. The van der Waals surface area contributed by atoms with Crippen LogP contribution in [0.2, 0.25) is 0 Å². The van der Waals surface area contributed by atoms with Crippen molar-refractivity contribution >= 4 is 55.6 Å². The summed E-state index contributed by atoms with van der Waals surface area (Å²) in [5.74, 6) is -0.235. The van der Waals surface area contributed by atoms with Gasteiger partial charge in [-0.15, -0.1) is 0 Å². The Balaban J connectivity index is 1.49. The predicted octanol–water partition coefficient (Wildman–Crippen LogP) is 3.68. The number of fused-ring (bicyclic) bond motifs is 1. The van der Waals surface area contributed by atoms with E-state index in [2.05, 4.69) is 39.5 Å². The van der Waals surface area contributed by atoms with Gasteiger partial charge in [0, 0.05) is 5.69 Å². The Labute approximate surface area is 167 Å². The second kappa shape index (κ2) is 8.79. The second-order valence-corrected chi connectivity index (χ2v) is 7.41. The van der Waals surface area contributed by atoms with Gasteiger partial charge < -0.3 is 10.6 Å². The number of hydrogen-bond acceptors (Lipinski definition) is 5. The Morgan fingerprint density at radius 2 is 2.00 bits per heavy atom. The third-order valence-corrected chi connectivity index (χ3v) is 5.09. The maximum atomic E-state index is 12.3. The van der Waals surface area contributed by atoms with Crippen LogP contribution in [0.5, 0.6) is 0 Å². The normalized spacial score (nSPS) is 11.6. The lowest BCUT2D eigenvalue weighted by molar-refractivity contribution is -0.122. The standard InChI is InChI=1S/C19H21N5OS2/c1-3-13-7-6-8-14(11-13)21-18(26)24-23-17(25)12(2)20-19-22-15-9-4-5-10-16(15)27-19/h4-12H,3H2,1-2H3,(H,20,22)(H,23,25)(H2,21,24,26)/t12-/m1/s1. The largest absolute Gasteiger partial charge is 0.350 e. The lowest BCUT2D eigenvalue weighted by Crippen LogP contribution is -2.49. The van der Waals surface area contributed by atoms with Crippen molar-refractivity contribution in [2.45, 2.75) is 26.3 Å². The van der Waals surface area contributed by atoms with Crippen LogP contribution in [-0.4, -0.2) is 22.0 Å². The van der Waals surface area contributed by atoms with Crippen LogP contribution in [0.3, 0.4) is 0 Å². The molecule has 0 bridgehead atoms. The summed E-state index contributed by atoms with van der Waals surface area (Å²) in [6, 6.07) is 15.3. The third kappa shape index (κ3) is 5.15. The lowest BCUT2D eigenvalue weighted by atomic mass is 10.1. The first-order chi connectivity index (χ1) is 13.0. The highest BCUT2D eigenvalue weighted by molar-refractivity contribution is 7.80. The molecule has 0 saturated heterocycles. The molecule has 0 aliphatic carbocycles. The van der Waals surface area contributed by atoms with Crippen molar-refractivity contribution in [3.63, 3.8) is 0 Å². The molecule has 1 amide bonds. The molecule has 3 rings (SSSR count). The van der Waals surface area contributed by atoms with Gasteiger partial charge in [0.1, 0.15) is 6.04 Å². The number of carbonyl (C=O) groups is 1. The van der Waals surface area contributed by atoms with E-state index in [4.69, 9.17) is 12.2 Å². The summed E-state index contributed by atoms with van der Waals surface area (Å²) >= 11 is 6.74. The number of nitrogens with one attached hydrogen (secondary N) is 4. The predicted molar refractivity (Wildman–Crippen MR) is 116 cm³/mol. The molecule has 0 spiro atoms. The highest BCUT2D eigenvalue weighted by atomic mass is 32.1. The van der Waals surface area contributed by atoms with Crippen LogP contribution in [0.1, 0.15) is 19.4 Å². The molecule has 0 radical (unpaired) electrons. The highest BCUT2D eigenvalue weighted by Crippen LogP contribution is 2.25. The van der Waals surface area contributed by atoms with E-state index in [1.165, 1.54) is 16.9 Å². The van der Waals surface area contributed by atoms with Crippen LogP contribution in [-0.2, 0) is 11.2 Å². The zero-order valence-electron chi connectivity index (χ0n) is 15.1. The number of anilines is 2. The van der Waals surface area contributed by atoms with Crippen molar-refractivity contribution in [2.24, 2.45) is 0 Å². The first-order valence-electron chi connectivity index (χ1n) is 8.63. The summed E-state index contributed by atoms with van der Waals surface area (Å²) in [6.45, 7) is 3.86. The number of thiazole rings is 1. The molecule has 0 aliphatic rings. The smallest absolute Gasteiger partial charge is 0.260 e. The Hall–Kier alpha value is -2.71. The van der Waals surface area contributed by atoms with Crippen LogP contribution in [0.15, 0.2) is 48.5 Å². The van der Waals surface area contributed by atoms with E-state index in [1.807, 2.05) is 42.5 Å². The molecule has 0 saturated carbocycles. The first kappa shape index (κ1) is 19.1. The van der Waals surface area contributed by atoms with Crippen LogP contribution < -0.4 is 21.5 Å². The quantitative estimate of drug-likeness (QED) is 0.387. The number of rotatable bonds is 5. The van der Waals surface area contributed by atoms with Crippen molar-refractivity contribution in [2.75, 3.05) is 10.6 Å².